The van der Waals surface area contributed by atoms with Crippen LogP contribution in [0.5, 0.6) is 0 Å². The van der Waals surface area contributed by atoms with E-state index in [1.807, 2.05) is 13.8 Å². The highest BCUT2D eigenvalue weighted by Gasteiger charge is 2.22. The van der Waals surface area contributed by atoms with Crippen LogP contribution >= 0.6 is 0 Å². The third-order valence-corrected chi connectivity index (χ3v) is 4.68. The first-order valence-electron chi connectivity index (χ1n) is 6.22. The van der Waals surface area contributed by atoms with Crippen LogP contribution in [0.3, 0.4) is 0 Å². The van der Waals surface area contributed by atoms with Crippen LogP contribution in [-0.4, -0.2) is 43.6 Å². The van der Waals surface area contributed by atoms with Crippen LogP contribution < -0.4 is 5.73 Å². The third kappa shape index (κ3) is 4.04. The quantitative estimate of drug-likeness (QED) is 0.794. The molecule has 0 aliphatic heterocycles. The molecule has 110 valence electrons. The van der Waals surface area contributed by atoms with Gasteiger partial charge in [-0.1, -0.05) is 0 Å². The van der Waals surface area contributed by atoms with Crippen molar-refractivity contribution < 1.29 is 13.2 Å². The normalized spacial score (nSPS) is 12.6. The fourth-order valence-corrected chi connectivity index (χ4v) is 2.89. The smallest absolute Gasteiger partial charge is 0.244 e. The summed E-state index contributed by atoms with van der Waals surface area (Å²) in [7, 11) is -0.141. The zero-order valence-corrected chi connectivity index (χ0v) is 12.8. The van der Waals surface area contributed by atoms with Crippen molar-refractivity contribution in [1.29, 1.82) is 0 Å². The third-order valence-electron chi connectivity index (χ3n) is 2.86. The number of sulfonamides is 1. The molecule has 0 aliphatic rings. The van der Waals surface area contributed by atoms with Crippen LogP contribution in [0.25, 0.3) is 0 Å². The Bertz CT molecular complexity index is 508. The lowest BCUT2D eigenvalue weighted by Crippen LogP contribution is -2.30. The Morgan fingerprint density at radius 1 is 1.47 bits per heavy atom. The first-order valence-corrected chi connectivity index (χ1v) is 7.66. The number of hydrogen-bond donors (Lipinski definition) is 1. The molecule has 0 amide bonds. The van der Waals surface area contributed by atoms with Crippen LogP contribution in [0.2, 0.25) is 0 Å². The topological polar surface area (TPSA) is 77.6 Å². The minimum atomic E-state index is -3.47. The van der Waals surface area contributed by atoms with Gasteiger partial charge in [0, 0.05) is 39.1 Å². The van der Waals surface area contributed by atoms with Crippen LogP contribution in [-0.2, 0) is 28.4 Å². The molecule has 0 unspecified atom stereocenters. The van der Waals surface area contributed by atoms with Crippen molar-refractivity contribution in [3.05, 3.63) is 18.0 Å². The Morgan fingerprint density at radius 2 is 2.11 bits per heavy atom. The predicted octanol–water partition coefficient (Wildman–Crippen LogP) is 0.529. The summed E-state index contributed by atoms with van der Waals surface area (Å²) in [6.07, 6.45) is 1.67. The maximum atomic E-state index is 12.3. The van der Waals surface area contributed by atoms with Gasteiger partial charge in [0.2, 0.25) is 10.0 Å². The van der Waals surface area contributed by atoms with Gasteiger partial charge in [0.1, 0.15) is 4.90 Å². The Morgan fingerprint density at radius 3 is 2.58 bits per heavy atom. The Balaban J connectivity index is 2.78. The van der Waals surface area contributed by atoms with Crippen molar-refractivity contribution in [3.63, 3.8) is 0 Å². The van der Waals surface area contributed by atoms with Crippen molar-refractivity contribution >= 4 is 10.0 Å². The molecule has 1 aromatic rings. The SMILES string of the molecule is CC(C)OCCN(C)S(=O)(=O)c1cc(CN)n(C)c1. The van der Waals surface area contributed by atoms with E-state index in [1.165, 1.54) is 4.31 Å². The van der Waals surface area contributed by atoms with Gasteiger partial charge in [0.25, 0.3) is 0 Å². The number of aryl methyl sites for hydroxylation is 1. The molecular weight excluding hydrogens is 266 g/mol. The van der Waals surface area contributed by atoms with E-state index in [1.54, 1.807) is 30.9 Å². The van der Waals surface area contributed by atoms with Gasteiger partial charge < -0.3 is 15.0 Å². The van der Waals surface area contributed by atoms with E-state index in [9.17, 15) is 8.42 Å². The van der Waals surface area contributed by atoms with Gasteiger partial charge in [-0.25, -0.2) is 8.42 Å². The van der Waals surface area contributed by atoms with Gasteiger partial charge in [0.15, 0.2) is 0 Å². The number of nitrogens with zero attached hydrogens (tertiary/aromatic N) is 2. The maximum Gasteiger partial charge on any atom is 0.244 e. The summed E-state index contributed by atoms with van der Waals surface area (Å²) in [5.41, 5.74) is 6.33. The summed E-state index contributed by atoms with van der Waals surface area (Å²) in [5, 5.41) is 0. The van der Waals surface area contributed by atoms with Gasteiger partial charge >= 0.3 is 0 Å². The van der Waals surface area contributed by atoms with Gasteiger partial charge in [-0.3, -0.25) is 0 Å². The number of rotatable bonds is 7. The zero-order chi connectivity index (χ0) is 14.6. The van der Waals surface area contributed by atoms with E-state index in [0.29, 0.717) is 19.7 Å². The fraction of sp³-hybridized carbons (Fsp3) is 0.667. The Hall–Kier alpha value is -0.890. The molecule has 0 saturated carbocycles. The van der Waals surface area contributed by atoms with Crippen LogP contribution in [0.4, 0.5) is 0 Å². The predicted molar refractivity (Wildman–Crippen MR) is 74.2 cm³/mol. The van der Waals surface area contributed by atoms with Crippen LogP contribution in [0, 0.1) is 0 Å². The number of hydrogen-bond acceptors (Lipinski definition) is 4. The van der Waals surface area contributed by atoms with E-state index in [2.05, 4.69) is 0 Å². The number of likely N-dealkylation sites (N-methyl/N-ethyl adjacent to an activating group) is 1. The largest absolute Gasteiger partial charge is 0.377 e. The van der Waals surface area contributed by atoms with E-state index in [0.717, 1.165) is 5.69 Å². The minimum absolute atomic E-state index is 0.0941. The molecule has 0 spiro atoms. The summed E-state index contributed by atoms with van der Waals surface area (Å²) in [6, 6.07) is 1.61. The molecule has 1 heterocycles. The molecule has 19 heavy (non-hydrogen) atoms. The van der Waals surface area contributed by atoms with Gasteiger partial charge in [-0.2, -0.15) is 4.31 Å². The molecule has 0 fully saturated rings. The van der Waals surface area contributed by atoms with E-state index in [4.69, 9.17) is 10.5 Å². The van der Waals surface area contributed by atoms with Crippen molar-refractivity contribution in [2.45, 2.75) is 31.4 Å². The molecule has 0 saturated heterocycles. The Kier molecular flexibility index (Phi) is 5.54. The van der Waals surface area contributed by atoms with Crippen molar-refractivity contribution in [2.75, 3.05) is 20.2 Å². The van der Waals surface area contributed by atoms with E-state index < -0.39 is 10.0 Å². The van der Waals surface area contributed by atoms with Crippen LogP contribution in [0.1, 0.15) is 19.5 Å². The Labute approximate surface area is 115 Å². The highest BCUT2D eigenvalue weighted by atomic mass is 32.2. The standard InChI is InChI=1S/C12H23N3O3S/c1-10(2)18-6-5-15(4)19(16,17)12-7-11(8-13)14(3)9-12/h7,9-10H,5-6,8,13H2,1-4H3. The van der Waals surface area contributed by atoms with E-state index >= 15 is 0 Å². The molecule has 0 bridgehead atoms. The summed E-state index contributed by atoms with van der Waals surface area (Å²) in [5.74, 6) is 0. The molecule has 1 rings (SSSR count). The van der Waals surface area contributed by atoms with Crippen molar-refractivity contribution in [3.8, 4) is 0 Å². The molecule has 0 radical (unpaired) electrons. The highest BCUT2D eigenvalue weighted by Crippen LogP contribution is 2.17. The summed E-state index contributed by atoms with van der Waals surface area (Å²) in [6.45, 7) is 4.85. The molecule has 6 nitrogen and oxygen atoms in total. The van der Waals surface area contributed by atoms with Gasteiger partial charge in [-0.15, -0.1) is 0 Å². The van der Waals surface area contributed by atoms with Crippen LogP contribution in [0.15, 0.2) is 17.2 Å². The fourth-order valence-electron chi connectivity index (χ4n) is 1.64. The number of nitrogens with two attached hydrogens (primary N) is 1. The van der Waals surface area contributed by atoms with E-state index in [-0.39, 0.29) is 11.0 Å². The lowest BCUT2D eigenvalue weighted by Gasteiger charge is -2.17. The van der Waals surface area contributed by atoms with Crippen molar-refractivity contribution in [1.82, 2.24) is 8.87 Å². The number of ether oxygens (including phenoxy) is 1. The second-order valence-electron chi connectivity index (χ2n) is 4.73. The average molecular weight is 289 g/mol. The van der Waals surface area contributed by atoms with Gasteiger partial charge in [0.05, 0.1) is 12.7 Å². The molecular formula is C12H23N3O3S. The first kappa shape index (κ1) is 16.2. The molecule has 7 heteroatoms. The second-order valence-corrected chi connectivity index (χ2v) is 6.77. The zero-order valence-electron chi connectivity index (χ0n) is 12.0. The molecule has 0 atom stereocenters. The van der Waals surface area contributed by atoms with Gasteiger partial charge in [-0.05, 0) is 19.9 Å². The summed E-state index contributed by atoms with van der Waals surface area (Å²) in [4.78, 5) is 0.266. The number of aromatic nitrogens is 1. The maximum absolute atomic E-state index is 12.3. The summed E-state index contributed by atoms with van der Waals surface area (Å²) < 4.78 is 33.0. The summed E-state index contributed by atoms with van der Waals surface area (Å²) >= 11 is 0. The molecule has 0 aliphatic carbocycles. The van der Waals surface area contributed by atoms with Crippen molar-refractivity contribution in [2.24, 2.45) is 12.8 Å². The second kappa shape index (κ2) is 6.51. The minimum Gasteiger partial charge on any atom is -0.377 e. The lowest BCUT2D eigenvalue weighted by molar-refractivity contribution is 0.0737. The molecule has 0 aromatic carbocycles. The average Bonchev–Trinajstić information content (AvgIpc) is 2.70. The monoisotopic (exact) mass is 289 g/mol. The lowest BCUT2D eigenvalue weighted by atomic mass is 10.4. The highest BCUT2D eigenvalue weighted by molar-refractivity contribution is 7.89. The first-order chi connectivity index (χ1) is 8.78. The molecule has 2 N–H and O–H groups in total. The molecule has 1 aromatic heterocycles.